The van der Waals surface area contributed by atoms with Crippen LogP contribution in [0.15, 0.2) is 0 Å². The van der Waals surface area contributed by atoms with Crippen LogP contribution in [0.3, 0.4) is 0 Å². The minimum absolute atomic E-state index is 0.0909. The Morgan fingerprint density at radius 2 is 2.38 bits per heavy atom. The molecule has 0 radical (unpaired) electrons. The Morgan fingerprint density at radius 1 is 1.50 bits per heavy atom. The predicted octanol–water partition coefficient (Wildman–Crippen LogP) is 0.139. The molecule has 0 aromatic carbocycles. The van der Waals surface area contributed by atoms with Crippen LogP contribution in [0, 0.1) is 17.3 Å². The quantitative estimate of drug-likeness (QED) is 0.714. The molecule has 3 aliphatic rings. The van der Waals surface area contributed by atoms with E-state index >= 15 is 0 Å². The largest absolute Gasteiger partial charge is 0.380 e. The molecule has 0 aromatic rings. The molecule has 0 unspecified atom stereocenters. The third-order valence-corrected chi connectivity index (χ3v) is 4.24. The van der Waals surface area contributed by atoms with Crippen LogP contribution in [0.4, 0.5) is 0 Å². The smallest absolute Gasteiger partial charge is 0.220 e. The Bertz CT molecular complexity index is 279. The van der Waals surface area contributed by atoms with Crippen molar-refractivity contribution in [2.24, 2.45) is 17.3 Å². The number of amides is 1. The van der Waals surface area contributed by atoms with E-state index in [4.69, 9.17) is 4.74 Å². The number of hydrogen-bond acceptors (Lipinski definition) is 3. The first-order valence-corrected chi connectivity index (χ1v) is 6.34. The Morgan fingerprint density at radius 3 is 3.19 bits per heavy atom. The van der Waals surface area contributed by atoms with Gasteiger partial charge in [-0.3, -0.25) is 4.79 Å². The molecule has 2 heterocycles. The summed E-state index contributed by atoms with van der Waals surface area (Å²) in [6.07, 6.45) is 3.22. The summed E-state index contributed by atoms with van der Waals surface area (Å²) in [4.78, 5) is 11.9. The maximum atomic E-state index is 11.9. The summed E-state index contributed by atoms with van der Waals surface area (Å²) in [5.41, 5.74) is 0.0909. The first kappa shape index (κ1) is 10.5. The highest BCUT2D eigenvalue weighted by Gasteiger charge is 2.48. The van der Waals surface area contributed by atoms with E-state index in [9.17, 15) is 4.79 Å². The van der Waals surface area contributed by atoms with Gasteiger partial charge in [-0.15, -0.1) is 0 Å². The van der Waals surface area contributed by atoms with Gasteiger partial charge in [0.05, 0.1) is 13.2 Å². The molecule has 1 aliphatic carbocycles. The summed E-state index contributed by atoms with van der Waals surface area (Å²) in [5, 5.41) is 6.44. The summed E-state index contributed by atoms with van der Waals surface area (Å²) >= 11 is 0. The van der Waals surface area contributed by atoms with Crippen molar-refractivity contribution in [3.05, 3.63) is 0 Å². The minimum Gasteiger partial charge on any atom is -0.380 e. The molecule has 1 saturated carbocycles. The molecule has 3 fully saturated rings. The SMILES string of the molecule is O=C(C[C@@]12CNC[C@@H]1COC2)NCC1CC1. The number of hydrogen-bond donors (Lipinski definition) is 2. The fourth-order valence-corrected chi connectivity index (χ4v) is 2.89. The zero-order valence-electron chi connectivity index (χ0n) is 9.63. The summed E-state index contributed by atoms with van der Waals surface area (Å²) < 4.78 is 5.53. The zero-order chi connectivity index (χ0) is 11.0. The molecular formula is C12H20N2O2. The second kappa shape index (κ2) is 4.00. The lowest BCUT2D eigenvalue weighted by Crippen LogP contribution is -2.37. The lowest BCUT2D eigenvalue weighted by Gasteiger charge is -2.25. The topological polar surface area (TPSA) is 50.4 Å². The van der Waals surface area contributed by atoms with Gasteiger partial charge in [-0.2, -0.15) is 0 Å². The Hall–Kier alpha value is -0.610. The lowest BCUT2D eigenvalue weighted by molar-refractivity contribution is -0.123. The van der Waals surface area contributed by atoms with Crippen LogP contribution in [0.1, 0.15) is 19.3 Å². The van der Waals surface area contributed by atoms with Gasteiger partial charge < -0.3 is 15.4 Å². The van der Waals surface area contributed by atoms with Gasteiger partial charge in [-0.05, 0) is 18.8 Å². The number of rotatable bonds is 4. The first-order valence-electron chi connectivity index (χ1n) is 6.34. The Balaban J connectivity index is 1.53. The molecular weight excluding hydrogens is 204 g/mol. The molecule has 1 amide bonds. The van der Waals surface area contributed by atoms with Gasteiger partial charge in [-0.1, -0.05) is 0 Å². The molecule has 90 valence electrons. The van der Waals surface area contributed by atoms with E-state index in [1.165, 1.54) is 12.8 Å². The van der Waals surface area contributed by atoms with Crippen LogP contribution >= 0.6 is 0 Å². The highest BCUT2D eigenvalue weighted by molar-refractivity contribution is 5.77. The van der Waals surface area contributed by atoms with Crippen molar-refractivity contribution < 1.29 is 9.53 Å². The van der Waals surface area contributed by atoms with Gasteiger partial charge in [0.2, 0.25) is 5.91 Å². The molecule has 2 saturated heterocycles. The van der Waals surface area contributed by atoms with E-state index in [1.807, 2.05) is 0 Å². The second-order valence-electron chi connectivity index (χ2n) is 5.63. The van der Waals surface area contributed by atoms with Crippen LogP contribution < -0.4 is 10.6 Å². The number of carbonyl (C=O) groups excluding carboxylic acids is 1. The van der Waals surface area contributed by atoms with Crippen LogP contribution in [0.25, 0.3) is 0 Å². The second-order valence-corrected chi connectivity index (χ2v) is 5.63. The third kappa shape index (κ3) is 1.96. The molecule has 0 spiro atoms. The normalized spacial score (nSPS) is 37.4. The predicted molar refractivity (Wildman–Crippen MR) is 60.0 cm³/mol. The molecule has 0 aromatic heterocycles. The monoisotopic (exact) mass is 224 g/mol. The molecule has 2 atom stereocenters. The van der Waals surface area contributed by atoms with Gasteiger partial charge in [0, 0.05) is 37.4 Å². The van der Waals surface area contributed by atoms with Gasteiger partial charge in [-0.25, -0.2) is 0 Å². The molecule has 3 rings (SSSR count). The zero-order valence-corrected chi connectivity index (χ0v) is 9.63. The van der Waals surface area contributed by atoms with E-state index in [1.54, 1.807) is 0 Å². The maximum absolute atomic E-state index is 11.9. The number of nitrogens with one attached hydrogen (secondary N) is 2. The molecule has 4 heteroatoms. The fourth-order valence-electron chi connectivity index (χ4n) is 2.89. The minimum atomic E-state index is 0.0909. The standard InChI is InChI=1S/C12H20N2O2/c15-11(14-4-9-1-2-9)3-12-7-13-5-10(12)6-16-8-12/h9-10,13H,1-8H2,(H,14,15)/t10-,12+/m1/s1. The summed E-state index contributed by atoms with van der Waals surface area (Å²) in [6, 6.07) is 0. The van der Waals surface area contributed by atoms with E-state index < -0.39 is 0 Å². The van der Waals surface area contributed by atoms with Crippen molar-refractivity contribution >= 4 is 5.91 Å². The fraction of sp³-hybridized carbons (Fsp3) is 0.917. The van der Waals surface area contributed by atoms with Crippen molar-refractivity contribution in [1.29, 1.82) is 0 Å². The van der Waals surface area contributed by atoms with Crippen molar-refractivity contribution in [1.82, 2.24) is 10.6 Å². The van der Waals surface area contributed by atoms with Crippen molar-refractivity contribution in [3.8, 4) is 0 Å². The lowest BCUT2D eigenvalue weighted by atomic mass is 9.78. The van der Waals surface area contributed by atoms with Crippen LogP contribution in [-0.2, 0) is 9.53 Å². The van der Waals surface area contributed by atoms with E-state index in [0.29, 0.717) is 12.3 Å². The molecule has 16 heavy (non-hydrogen) atoms. The van der Waals surface area contributed by atoms with Gasteiger partial charge in [0.15, 0.2) is 0 Å². The van der Waals surface area contributed by atoms with E-state index in [2.05, 4.69) is 10.6 Å². The summed E-state index contributed by atoms with van der Waals surface area (Å²) in [7, 11) is 0. The third-order valence-electron chi connectivity index (χ3n) is 4.24. The Labute approximate surface area is 96.1 Å². The molecule has 0 bridgehead atoms. The van der Waals surface area contributed by atoms with Gasteiger partial charge in [0.1, 0.15) is 0 Å². The first-order chi connectivity index (χ1) is 7.78. The van der Waals surface area contributed by atoms with Gasteiger partial charge >= 0.3 is 0 Å². The summed E-state index contributed by atoms with van der Waals surface area (Å²) in [5.74, 6) is 1.52. The van der Waals surface area contributed by atoms with E-state index in [0.717, 1.165) is 38.8 Å². The van der Waals surface area contributed by atoms with Gasteiger partial charge in [0.25, 0.3) is 0 Å². The average Bonchev–Trinajstić information content (AvgIpc) is 2.88. The van der Waals surface area contributed by atoms with Crippen molar-refractivity contribution in [2.45, 2.75) is 19.3 Å². The maximum Gasteiger partial charge on any atom is 0.220 e. The number of ether oxygens (including phenoxy) is 1. The average molecular weight is 224 g/mol. The van der Waals surface area contributed by atoms with Crippen LogP contribution in [0.2, 0.25) is 0 Å². The molecule has 4 nitrogen and oxygen atoms in total. The van der Waals surface area contributed by atoms with Crippen LogP contribution in [-0.4, -0.2) is 38.8 Å². The van der Waals surface area contributed by atoms with Crippen molar-refractivity contribution in [3.63, 3.8) is 0 Å². The number of fused-ring (bicyclic) bond motifs is 1. The number of carbonyl (C=O) groups is 1. The van der Waals surface area contributed by atoms with Crippen molar-refractivity contribution in [2.75, 3.05) is 32.8 Å². The highest BCUT2D eigenvalue weighted by Crippen LogP contribution is 2.40. The molecule has 2 N–H and O–H groups in total. The Kier molecular flexibility index (Phi) is 2.64. The van der Waals surface area contributed by atoms with E-state index in [-0.39, 0.29) is 11.3 Å². The molecule has 2 aliphatic heterocycles. The highest BCUT2D eigenvalue weighted by atomic mass is 16.5. The van der Waals surface area contributed by atoms with Crippen LogP contribution in [0.5, 0.6) is 0 Å². The summed E-state index contributed by atoms with van der Waals surface area (Å²) in [6.45, 7) is 4.41.